The summed E-state index contributed by atoms with van der Waals surface area (Å²) in [6.45, 7) is 5.06. The normalized spacial score (nSPS) is 10.8. The number of benzene rings is 1. The van der Waals surface area contributed by atoms with Crippen molar-refractivity contribution in [2.45, 2.75) is 20.3 Å². The van der Waals surface area contributed by atoms with E-state index in [1.165, 1.54) is 5.56 Å². The van der Waals surface area contributed by atoms with Gasteiger partial charge in [-0.1, -0.05) is 17.7 Å². The van der Waals surface area contributed by atoms with Gasteiger partial charge in [-0.15, -0.1) is 0 Å². The summed E-state index contributed by atoms with van der Waals surface area (Å²) in [5.41, 5.74) is 3.97. The van der Waals surface area contributed by atoms with Crippen LogP contribution in [0.2, 0.25) is 5.02 Å². The monoisotopic (exact) mass is 331 g/mol. The summed E-state index contributed by atoms with van der Waals surface area (Å²) in [7, 11) is 1.93. The van der Waals surface area contributed by atoms with Crippen LogP contribution in [-0.4, -0.2) is 35.9 Å². The summed E-state index contributed by atoms with van der Waals surface area (Å²) in [5, 5.41) is 3.49. The van der Waals surface area contributed by atoms with Gasteiger partial charge < -0.3 is 5.32 Å². The summed E-state index contributed by atoms with van der Waals surface area (Å²) in [6, 6.07) is 7.85. The molecule has 0 saturated carbocycles. The summed E-state index contributed by atoms with van der Waals surface area (Å²) in [5.74, 6) is -0.0592. The van der Waals surface area contributed by atoms with Gasteiger partial charge in [0.05, 0.1) is 17.3 Å². The highest BCUT2D eigenvalue weighted by atomic mass is 35.5. The topological polar surface area (TPSA) is 45.2 Å². The fraction of sp³-hybridized carbons (Fsp3) is 0.333. The van der Waals surface area contributed by atoms with Gasteiger partial charge in [-0.05, 0) is 62.2 Å². The molecule has 0 atom stereocenters. The summed E-state index contributed by atoms with van der Waals surface area (Å²) in [6.07, 6.45) is 4.45. The third kappa shape index (κ3) is 5.34. The van der Waals surface area contributed by atoms with E-state index in [4.69, 9.17) is 11.6 Å². The zero-order valence-corrected chi connectivity index (χ0v) is 14.5. The Morgan fingerprint density at radius 2 is 1.96 bits per heavy atom. The number of pyridine rings is 1. The van der Waals surface area contributed by atoms with Crippen LogP contribution < -0.4 is 5.32 Å². The molecule has 1 N–H and O–H groups in total. The molecular weight excluding hydrogens is 310 g/mol. The summed E-state index contributed by atoms with van der Waals surface area (Å²) >= 11 is 6.22. The Balaban J connectivity index is 1.87. The first-order chi connectivity index (χ1) is 11.0. The molecule has 0 radical (unpaired) electrons. The number of carbonyl (C=O) groups excluding carboxylic acids is 1. The molecule has 2 rings (SSSR count). The van der Waals surface area contributed by atoms with E-state index in [9.17, 15) is 4.79 Å². The predicted molar refractivity (Wildman–Crippen MR) is 95.0 cm³/mol. The minimum atomic E-state index is -0.0592. The van der Waals surface area contributed by atoms with Crippen LogP contribution in [0.3, 0.4) is 0 Å². The van der Waals surface area contributed by atoms with Crippen molar-refractivity contribution >= 4 is 23.2 Å². The second-order valence-corrected chi connectivity index (χ2v) is 6.24. The first-order valence-corrected chi connectivity index (χ1v) is 7.97. The number of nitrogens with zero attached hydrogens (tertiary/aromatic N) is 2. The number of carbonyl (C=O) groups is 1. The first kappa shape index (κ1) is 17.4. The number of amides is 1. The van der Waals surface area contributed by atoms with Crippen molar-refractivity contribution in [2.75, 3.05) is 25.5 Å². The van der Waals surface area contributed by atoms with Crippen LogP contribution >= 0.6 is 11.6 Å². The Hall–Kier alpha value is -1.91. The molecule has 23 heavy (non-hydrogen) atoms. The molecule has 0 bridgehead atoms. The van der Waals surface area contributed by atoms with Crippen LogP contribution in [0.4, 0.5) is 5.69 Å². The van der Waals surface area contributed by atoms with Gasteiger partial charge in [0.2, 0.25) is 5.91 Å². The predicted octanol–water partition coefficient (Wildman–Crippen LogP) is 3.46. The lowest BCUT2D eigenvalue weighted by atomic mass is 10.1. The van der Waals surface area contributed by atoms with Crippen molar-refractivity contribution in [1.82, 2.24) is 9.88 Å². The fourth-order valence-electron chi connectivity index (χ4n) is 2.45. The van der Waals surface area contributed by atoms with Gasteiger partial charge in [-0.2, -0.15) is 0 Å². The van der Waals surface area contributed by atoms with Gasteiger partial charge in [0.1, 0.15) is 0 Å². The first-order valence-electron chi connectivity index (χ1n) is 7.59. The number of rotatable bonds is 6. The van der Waals surface area contributed by atoms with Crippen molar-refractivity contribution < 1.29 is 4.79 Å². The number of likely N-dealkylation sites (N-methyl/N-ethyl adjacent to an activating group) is 1. The van der Waals surface area contributed by atoms with E-state index in [2.05, 4.69) is 10.3 Å². The Bertz CT molecular complexity index is 650. The lowest BCUT2D eigenvalue weighted by Crippen LogP contribution is -2.31. The van der Waals surface area contributed by atoms with Gasteiger partial charge in [-0.25, -0.2) is 0 Å². The van der Waals surface area contributed by atoms with Crippen molar-refractivity contribution in [3.8, 4) is 0 Å². The van der Waals surface area contributed by atoms with Crippen molar-refractivity contribution in [2.24, 2.45) is 0 Å². The average Bonchev–Trinajstić information content (AvgIpc) is 2.50. The van der Waals surface area contributed by atoms with Gasteiger partial charge in [0, 0.05) is 18.9 Å². The molecule has 1 heterocycles. The molecule has 0 spiro atoms. The van der Waals surface area contributed by atoms with Gasteiger partial charge >= 0.3 is 0 Å². The van der Waals surface area contributed by atoms with Crippen LogP contribution in [0, 0.1) is 13.8 Å². The second kappa shape index (κ2) is 8.09. The number of nitrogens with one attached hydrogen (secondary N) is 1. The second-order valence-electron chi connectivity index (χ2n) is 5.83. The zero-order chi connectivity index (χ0) is 16.8. The minimum absolute atomic E-state index is 0.0592. The molecule has 1 aromatic carbocycles. The zero-order valence-electron chi connectivity index (χ0n) is 13.8. The molecule has 0 aliphatic carbocycles. The van der Waals surface area contributed by atoms with E-state index in [0.717, 1.165) is 24.1 Å². The van der Waals surface area contributed by atoms with Crippen LogP contribution in [0.1, 0.15) is 16.7 Å². The minimum Gasteiger partial charge on any atom is -0.323 e. The Morgan fingerprint density at radius 1 is 1.26 bits per heavy atom. The third-order valence-electron chi connectivity index (χ3n) is 3.64. The SMILES string of the molecule is Cc1cc(C)c(NC(=O)CN(C)CCc2ccncc2)c(Cl)c1. The quantitative estimate of drug-likeness (QED) is 0.881. The standard InChI is InChI=1S/C18H22ClN3O/c1-13-10-14(2)18(16(19)11-13)21-17(23)12-22(3)9-6-15-4-7-20-8-5-15/h4-5,7-8,10-11H,6,9,12H2,1-3H3,(H,21,23). The highest BCUT2D eigenvalue weighted by Crippen LogP contribution is 2.27. The molecule has 0 saturated heterocycles. The fourth-order valence-corrected chi connectivity index (χ4v) is 2.82. The van der Waals surface area contributed by atoms with Crippen molar-refractivity contribution in [3.05, 3.63) is 58.4 Å². The maximum atomic E-state index is 12.2. The van der Waals surface area contributed by atoms with Gasteiger partial charge in [0.15, 0.2) is 0 Å². The maximum Gasteiger partial charge on any atom is 0.238 e. The molecule has 122 valence electrons. The van der Waals surface area contributed by atoms with Crippen LogP contribution in [-0.2, 0) is 11.2 Å². The number of aromatic nitrogens is 1. The lowest BCUT2D eigenvalue weighted by molar-refractivity contribution is -0.117. The lowest BCUT2D eigenvalue weighted by Gasteiger charge is -2.17. The third-order valence-corrected chi connectivity index (χ3v) is 3.94. The smallest absolute Gasteiger partial charge is 0.238 e. The summed E-state index contributed by atoms with van der Waals surface area (Å²) in [4.78, 5) is 18.2. The molecule has 2 aromatic rings. The van der Waals surface area contributed by atoms with Gasteiger partial charge in [0.25, 0.3) is 0 Å². The number of aryl methyl sites for hydroxylation is 2. The Morgan fingerprint density at radius 3 is 2.61 bits per heavy atom. The molecular formula is C18H22ClN3O. The van der Waals surface area contributed by atoms with Crippen molar-refractivity contribution in [1.29, 1.82) is 0 Å². The molecule has 5 heteroatoms. The highest BCUT2D eigenvalue weighted by molar-refractivity contribution is 6.34. The molecule has 1 aromatic heterocycles. The molecule has 0 aliphatic heterocycles. The maximum absolute atomic E-state index is 12.2. The molecule has 1 amide bonds. The molecule has 0 unspecified atom stereocenters. The number of hydrogen-bond donors (Lipinski definition) is 1. The van der Waals surface area contributed by atoms with Crippen LogP contribution in [0.25, 0.3) is 0 Å². The molecule has 0 aliphatic rings. The summed E-state index contributed by atoms with van der Waals surface area (Å²) < 4.78 is 0. The number of halogens is 1. The van der Waals surface area contributed by atoms with Crippen LogP contribution in [0.5, 0.6) is 0 Å². The van der Waals surface area contributed by atoms with E-state index in [1.807, 2.05) is 50.1 Å². The Kier molecular flexibility index (Phi) is 6.13. The van der Waals surface area contributed by atoms with E-state index >= 15 is 0 Å². The van der Waals surface area contributed by atoms with E-state index in [-0.39, 0.29) is 5.91 Å². The largest absolute Gasteiger partial charge is 0.323 e. The van der Waals surface area contributed by atoms with E-state index < -0.39 is 0 Å². The molecule has 4 nitrogen and oxygen atoms in total. The highest BCUT2D eigenvalue weighted by Gasteiger charge is 2.11. The number of anilines is 1. The Labute approximate surface area is 142 Å². The molecule has 0 fully saturated rings. The van der Waals surface area contributed by atoms with Crippen LogP contribution in [0.15, 0.2) is 36.7 Å². The number of hydrogen-bond acceptors (Lipinski definition) is 3. The van der Waals surface area contributed by atoms with E-state index in [1.54, 1.807) is 12.4 Å². The van der Waals surface area contributed by atoms with E-state index in [0.29, 0.717) is 17.3 Å². The average molecular weight is 332 g/mol. The van der Waals surface area contributed by atoms with Crippen molar-refractivity contribution in [3.63, 3.8) is 0 Å². The van der Waals surface area contributed by atoms with Gasteiger partial charge in [-0.3, -0.25) is 14.7 Å².